The van der Waals surface area contributed by atoms with Crippen molar-refractivity contribution in [2.75, 3.05) is 26.7 Å². The van der Waals surface area contributed by atoms with Crippen LogP contribution < -0.4 is 4.74 Å². The van der Waals surface area contributed by atoms with Crippen molar-refractivity contribution in [3.8, 4) is 5.75 Å². The van der Waals surface area contributed by atoms with E-state index in [1.165, 1.54) is 5.56 Å². The first-order valence-corrected chi connectivity index (χ1v) is 6.22. The smallest absolute Gasteiger partial charge is 0.119 e. The Kier molecular flexibility index (Phi) is 4.02. The van der Waals surface area contributed by atoms with Crippen LogP contribution in [0.1, 0.15) is 24.8 Å². The Morgan fingerprint density at radius 1 is 1.47 bits per heavy atom. The lowest BCUT2D eigenvalue weighted by atomic mass is 9.98. The molecule has 3 nitrogen and oxygen atoms in total. The van der Waals surface area contributed by atoms with E-state index in [9.17, 15) is 0 Å². The predicted molar refractivity (Wildman–Crippen MR) is 71.0 cm³/mol. The fraction of sp³-hybridized carbons (Fsp3) is 0.500. The van der Waals surface area contributed by atoms with Gasteiger partial charge < -0.3 is 9.64 Å². The molecule has 1 aliphatic heterocycles. The molecular weight excluding hydrogens is 212 g/mol. The molecule has 0 spiro atoms. The molecule has 2 rings (SSSR count). The molecular formula is C14H20N2O. The molecule has 0 N–H and O–H groups in total. The minimum atomic E-state index is 0.482. The van der Waals surface area contributed by atoms with Crippen LogP contribution in [0.2, 0.25) is 0 Å². The summed E-state index contributed by atoms with van der Waals surface area (Å²) in [7, 11) is 2.06. The maximum absolute atomic E-state index is 5.66. The summed E-state index contributed by atoms with van der Waals surface area (Å²) >= 11 is 0. The number of hydrogen-bond donors (Lipinski definition) is 0. The third-order valence-electron chi connectivity index (χ3n) is 2.92. The van der Waals surface area contributed by atoms with E-state index in [4.69, 9.17) is 4.74 Å². The molecule has 0 aliphatic carbocycles. The molecule has 0 amide bonds. The van der Waals surface area contributed by atoms with Crippen molar-refractivity contribution in [1.29, 1.82) is 0 Å². The van der Waals surface area contributed by atoms with Crippen LogP contribution in [0.4, 0.5) is 0 Å². The summed E-state index contributed by atoms with van der Waals surface area (Å²) in [6.45, 7) is 4.81. The first-order valence-electron chi connectivity index (χ1n) is 6.22. The number of benzene rings is 1. The van der Waals surface area contributed by atoms with Gasteiger partial charge in [-0.25, -0.2) is 0 Å². The SMILES string of the molecule is CCCOc1cccc(C2CN=CN(C)C2)c1. The van der Waals surface area contributed by atoms with Crippen LogP contribution in [0.25, 0.3) is 0 Å². The summed E-state index contributed by atoms with van der Waals surface area (Å²) in [5.41, 5.74) is 1.32. The number of ether oxygens (including phenoxy) is 1. The quantitative estimate of drug-likeness (QED) is 0.797. The van der Waals surface area contributed by atoms with Crippen LogP contribution in [0, 0.1) is 0 Å². The Morgan fingerprint density at radius 3 is 3.12 bits per heavy atom. The zero-order chi connectivity index (χ0) is 12.1. The second-order valence-corrected chi connectivity index (χ2v) is 4.54. The second kappa shape index (κ2) is 5.71. The van der Waals surface area contributed by atoms with E-state index in [0.29, 0.717) is 5.92 Å². The predicted octanol–water partition coefficient (Wildman–Crippen LogP) is 2.53. The van der Waals surface area contributed by atoms with Crippen LogP contribution >= 0.6 is 0 Å². The maximum atomic E-state index is 5.66. The van der Waals surface area contributed by atoms with E-state index in [2.05, 4.69) is 42.1 Å². The summed E-state index contributed by atoms with van der Waals surface area (Å²) in [5, 5.41) is 0. The maximum Gasteiger partial charge on any atom is 0.119 e. The highest BCUT2D eigenvalue weighted by atomic mass is 16.5. The van der Waals surface area contributed by atoms with Gasteiger partial charge in [0.15, 0.2) is 0 Å². The van der Waals surface area contributed by atoms with E-state index in [0.717, 1.165) is 31.9 Å². The fourth-order valence-corrected chi connectivity index (χ4v) is 2.06. The standard InChI is InChI=1S/C14H20N2O/c1-3-7-17-14-6-4-5-12(8-14)13-9-15-11-16(2)10-13/h4-6,8,11,13H,3,7,9-10H2,1-2H3. The van der Waals surface area contributed by atoms with Gasteiger partial charge in [-0.1, -0.05) is 19.1 Å². The second-order valence-electron chi connectivity index (χ2n) is 4.54. The Labute approximate surface area is 103 Å². The molecule has 0 bridgehead atoms. The Bertz CT molecular complexity index is 390. The highest BCUT2D eigenvalue weighted by Gasteiger charge is 2.16. The van der Waals surface area contributed by atoms with Crippen molar-refractivity contribution < 1.29 is 4.74 Å². The Hall–Kier alpha value is -1.51. The van der Waals surface area contributed by atoms with Crippen molar-refractivity contribution in [1.82, 2.24) is 4.90 Å². The number of aliphatic imine (C=N–C) groups is 1. The molecule has 0 saturated heterocycles. The van der Waals surface area contributed by atoms with Gasteiger partial charge in [-0.05, 0) is 24.1 Å². The van der Waals surface area contributed by atoms with E-state index in [1.807, 2.05) is 12.4 Å². The molecule has 3 heteroatoms. The molecule has 17 heavy (non-hydrogen) atoms. The van der Waals surface area contributed by atoms with Gasteiger partial charge in [-0.3, -0.25) is 4.99 Å². The summed E-state index contributed by atoms with van der Waals surface area (Å²) in [6, 6.07) is 8.40. The average molecular weight is 232 g/mol. The summed E-state index contributed by atoms with van der Waals surface area (Å²) in [5.74, 6) is 1.46. The Morgan fingerprint density at radius 2 is 2.35 bits per heavy atom. The fourth-order valence-electron chi connectivity index (χ4n) is 2.06. The molecule has 92 valence electrons. The topological polar surface area (TPSA) is 24.8 Å². The van der Waals surface area contributed by atoms with Gasteiger partial charge in [-0.15, -0.1) is 0 Å². The third-order valence-corrected chi connectivity index (χ3v) is 2.92. The van der Waals surface area contributed by atoms with Crippen LogP contribution in [-0.2, 0) is 0 Å². The zero-order valence-electron chi connectivity index (χ0n) is 10.6. The van der Waals surface area contributed by atoms with E-state index >= 15 is 0 Å². The number of rotatable bonds is 4. The van der Waals surface area contributed by atoms with E-state index in [-0.39, 0.29) is 0 Å². The first kappa shape index (κ1) is 12.0. The minimum absolute atomic E-state index is 0.482. The van der Waals surface area contributed by atoms with Crippen molar-refractivity contribution in [3.63, 3.8) is 0 Å². The number of hydrogen-bond acceptors (Lipinski definition) is 3. The minimum Gasteiger partial charge on any atom is -0.494 e. The summed E-state index contributed by atoms with van der Waals surface area (Å²) in [4.78, 5) is 6.50. The highest BCUT2D eigenvalue weighted by molar-refractivity contribution is 5.56. The van der Waals surface area contributed by atoms with Crippen molar-refractivity contribution in [2.45, 2.75) is 19.3 Å². The van der Waals surface area contributed by atoms with Crippen LogP contribution in [-0.4, -0.2) is 38.0 Å². The van der Waals surface area contributed by atoms with Gasteiger partial charge in [0.2, 0.25) is 0 Å². The van der Waals surface area contributed by atoms with Crippen LogP contribution in [0.15, 0.2) is 29.3 Å². The van der Waals surface area contributed by atoms with Crippen LogP contribution in [0.5, 0.6) is 5.75 Å². The van der Waals surface area contributed by atoms with Gasteiger partial charge in [0, 0.05) is 26.1 Å². The summed E-state index contributed by atoms with van der Waals surface area (Å²) < 4.78 is 5.66. The van der Waals surface area contributed by atoms with E-state index < -0.39 is 0 Å². The van der Waals surface area contributed by atoms with Crippen molar-refractivity contribution >= 4 is 6.34 Å². The lowest BCUT2D eigenvalue weighted by molar-refractivity contribution is 0.316. The number of nitrogens with zero attached hydrogens (tertiary/aromatic N) is 2. The van der Waals surface area contributed by atoms with Crippen molar-refractivity contribution in [3.05, 3.63) is 29.8 Å². The molecule has 0 saturated carbocycles. The molecule has 1 aromatic rings. The van der Waals surface area contributed by atoms with Gasteiger partial charge in [0.05, 0.1) is 12.9 Å². The monoisotopic (exact) mass is 232 g/mol. The lowest BCUT2D eigenvalue weighted by Gasteiger charge is -2.25. The molecule has 1 heterocycles. The molecule has 1 atom stereocenters. The lowest BCUT2D eigenvalue weighted by Crippen LogP contribution is -2.29. The van der Waals surface area contributed by atoms with Gasteiger partial charge in [-0.2, -0.15) is 0 Å². The van der Waals surface area contributed by atoms with Gasteiger partial charge in [0.25, 0.3) is 0 Å². The molecule has 0 fully saturated rings. The molecule has 1 aromatic carbocycles. The molecule has 1 unspecified atom stereocenters. The average Bonchev–Trinajstić information content (AvgIpc) is 2.37. The van der Waals surface area contributed by atoms with Crippen molar-refractivity contribution in [2.24, 2.45) is 4.99 Å². The zero-order valence-corrected chi connectivity index (χ0v) is 10.6. The third kappa shape index (κ3) is 3.22. The molecule has 1 aliphatic rings. The normalized spacial score (nSPS) is 19.4. The van der Waals surface area contributed by atoms with Gasteiger partial charge >= 0.3 is 0 Å². The number of likely N-dealkylation sites (N-methyl/N-ethyl adjacent to an activating group) is 1. The largest absolute Gasteiger partial charge is 0.494 e. The molecule has 0 aromatic heterocycles. The van der Waals surface area contributed by atoms with Crippen LogP contribution in [0.3, 0.4) is 0 Å². The molecule has 0 radical (unpaired) electrons. The van der Waals surface area contributed by atoms with Gasteiger partial charge in [0.1, 0.15) is 5.75 Å². The first-order chi connectivity index (χ1) is 8.29. The summed E-state index contributed by atoms with van der Waals surface area (Å²) in [6.07, 6.45) is 2.95. The van der Waals surface area contributed by atoms with E-state index in [1.54, 1.807) is 0 Å². The Balaban J connectivity index is 2.07. The highest BCUT2D eigenvalue weighted by Crippen LogP contribution is 2.23.